The Morgan fingerprint density at radius 1 is 1.56 bits per heavy atom. The fourth-order valence-corrected chi connectivity index (χ4v) is 2.16. The van der Waals surface area contributed by atoms with Crippen LogP contribution in [-0.4, -0.2) is 24.2 Å². The normalized spacial score (nSPS) is 10.2. The average molecular weight is 307 g/mol. The van der Waals surface area contributed by atoms with E-state index in [4.69, 9.17) is 16.7 Å². The molecule has 0 aliphatic heterocycles. The van der Waals surface area contributed by atoms with Gasteiger partial charge in [0.05, 0.1) is 10.6 Å². The van der Waals surface area contributed by atoms with Gasteiger partial charge in [0.25, 0.3) is 5.91 Å². The Labute approximate surface area is 108 Å². The maximum atomic E-state index is 11.7. The summed E-state index contributed by atoms with van der Waals surface area (Å²) in [4.78, 5) is 11.7. The lowest BCUT2D eigenvalue weighted by molar-refractivity contribution is 0.0955. The molecule has 0 saturated heterocycles. The van der Waals surface area contributed by atoms with Crippen LogP contribution in [0.1, 0.15) is 22.8 Å². The molecule has 3 nitrogen and oxygen atoms in total. The molecule has 1 aromatic carbocycles. The van der Waals surface area contributed by atoms with E-state index in [1.54, 1.807) is 12.1 Å². The maximum Gasteiger partial charge on any atom is 0.252 e. The second-order valence-electron chi connectivity index (χ2n) is 3.26. The lowest BCUT2D eigenvalue weighted by Crippen LogP contribution is -2.23. The Kier molecular flexibility index (Phi) is 5.25. The Morgan fingerprint density at radius 3 is 2.81 bits per heavy atom. The number of benzene rings is 1. The first kappa shape index (κ1) is 13.5. The van der Waals surface area contributed by atoms with E-state index in [0.29, 0.717) is 23.6 Å². The van der Waals surface area contributed by atoms with Crippen molar-refractivity contribution in [1.82, 2.24) is 5.32 Å². The molecule has 1 aromatic rings. The van der Waals surface area contributed by atoms with Crippen molar-refractivity contribution in [2.24, 2.45) is 0 Å². The fraction of sp³-hybridized carbons (Fsp3) is 0.364. The number of amides is 1. The molecule has 2 N–H and O–H groups in total. The summed E-state index contributed by atoms with van der Waals surface area (Å²) in [7, 11) is 0. The lowest BCUT2D eigenvalue weighted by Gasteiger charge is -2.09. The van der Waals surface area contributed by atoms with Gasteiger partial charge in [-0.15, -0.1) is 0 Å². The molecular formula is C11H13BrClNO2. The summed E-state index contributed by atoms with van der Waals surface area (Å²) in [5.74, 6) is -0.201. The highest BCUT2D eigenvalue weighted by Gasteiger charge is 2.14. The maximum absolute atomic E-state index is 11.7. The van der Waals surface area contributed by atoms with Gasteiger partial charge in [-0.05, 0) is 31.0 Å². The van der Waals surface area contributed by atoms with Gasteiger partial charge in [0.1, 0.15) is 0 Å². The third-order valence-electron chi connectivity index (χ3n) is 2.08. The van der Waals surface area contributed by atoms with E-state index in [9.17, 15) is 4.79 Å². The summed E-state index contributed by atoms with van der Waals surface area (Å²) in [5.41, 5.74) is 1.20. The number of nitrogens with one attached hydrogen (secondary N) is 1. The number of hydrogen-bond acceptors (Lipinski definition) is 2. The van der Waals surface area contributed by atoms with Gasteiger partial charge in [0.2, 0.25) is 0 Å². The first-order valence-corrected chi connectivity index (χ1v) is 6.14. The minimum atomic E-state index is -0.201. The first-order chi connectivity index (χ1) is 7.60. The van der Waals surface area contributed by atoms with Gasteiger partial charge in [-0.1, -0.05) is 27.5 Å². The van der Waals surface area contributed by atoms with Crippen molar-refractivity contribution in [3.05, 3.63) is 32.8 Å². The van der Waals surface area contributed by atoms with Gasteiger partial charge in [0.15, 0.2) is 0 Å². The summed E-state index contributed by atoms with van der Waals surface area (Å²) in [6, 6.07) is 3.48. The van der Waals surface area contributed by atoms with E-state index in [1.807, 2.05) is 6.92 Å². The van der Waals surface area contributed by atoms with Crippen molar-refractivity contribution in [1.29, 1.82) is 0 Å². The standard InChI is InChI=1S/C11H13BrClNO2/c1-2-14-11(16)9-6-8(12)5-7(3-4-15)10(9)13/h5-6,15H,2-4H2,1H3,(H,14,16). The molecule has 0 aliphatic carbocycles. The van der Waals surface area contributed by atoms with Crippen molar-refractivity contribution < 1.29 is 9.90 Å². The van der Waals surface area contributed by atoms with Crippen LogP contribution < -0.4 is 5.32 Å². The molecule has 0 aliphatic rings. The Hall–Kier alpha value is -0.580. The minimum absolute atomic E-state index is 0.00497. The molecule has 0 saturated carbocycles. The van der Waals surface area contributed by atoms with E-state index in [2.05, 4.69) is 21.2 Å². The van der Waals surface area contributed by atoms with E-state index in [1.165, 1.54) is 0 Å². The summed E-state index contributed by atoms with van der Waals surface area (Å²) < 4.78 is 0.779. The lowest BCUT2D eigenvalue weighted by atomic mass is 10.1. The Bertz CT molecular complexity index is 396. The summed E-state index contributed by atoms with van der Waals surface area (Å²) >= 11 is 9.41. The second kappa shape index (κ2) is 6.23. The molecule has 1 amide bonds. The highest BCUT2D eigenvalue weighted by Crippen LogP contribution is 2.26. The highest BCUT2D eigenvalue weighted by molar-refractivity contribution is 9.10. The third-order valence-corrected chi connectivity index (χ3v) is 2.98. The van der Waals surface area contributed by atoms with Crippen LogP contribution in [0.25, 0.3) is 0 Å². The Balaban J connectivity index is 3.13. The van der Waals surface area contributed by atoms with Gasteiger partial charge < -0.3 is 10.4 Å². The van der Waals surface area contributed by atoms with Crippen molar-refractivity contribution in [2.45, 2.75) is 13.3 Å². The monoisotopic (exact) mass is 305 g/mol. The molecular weight excluding hydrogens is 293 g/mol. The van der Waals surface area contributed by atoms with Crippen LogP contribution in [0.3, 0.4) is 0 Å². The fourth-order valence-electron chi connectivity index (χ4n) is 1.37. The number of carbonyl (C=O) groups is 1. The minimum Gasteiger partial charge on any atom is -0.396 e. The van der Waals surface area contributed by atoms with Gasteiger partial charge in [0, 0.05) is 17.6 Å². The van der Waals surface area contributed by atoms with Crippen LogP contribution in [0.4, 0.5) is 0 Å². The summed E-state index contributed by atoms with van der Waals surface area (Å²) in [6.45, 7) is 2.40. The Morgan fingerprint density at radius 2 is 2.25 bits per heavy atom. The molecule has 0 spiro atoms. The number of carbonyl (C=O) groups excluding carboxylic acids is 1. The molecule has 0 radical (unpaired) electrons. The van der Waals surface area contributed by atoms with Crippen molar-refractivity contribution >= 4 is 33.4 Å². The number of rotatable bonds is 4. The predicted molar refractivity (Wildman–Crippen MR) is 67.9 cm³/mol. The average Bonchev–Trinajstić information content (AvgIpc) is 2.23. The molecule has 0 heterocycles. The van der Waals surface area contributed by atoms with Crippen LogP contribution in [-0.2, 0) is 6.42 Å². The van der Waals surface area contributed by atoms with Crippen LogP contribution in [0.15, 0.2) is 16.6 Å². The van der Waals surface area contributed by atoms with Crippen LogP contribution >= 0.6 is 27.5 Å². The molecule has 1 rings (SSSR count). The van der Waals surface area contributed by atoms with Gasteiger partial charge in [-0.25, -0.2) is 0 Å². The molecule has 16 heavy (non-hydrogen) atoms. The molecule has 0 bridgehead atoms. The largest absolute Gasteiger partial charge is 0.396 e. The number of halogens is 2. The molecule has 0 atom stereocenters. The quantitative estimate of drug-likeness (QED) is 0.897. The van der Waals surface area contributed by atoms with Crippen molar-refractivity contribution in [2.75, 3.05) is 13.2 Å². The summed E-state index contributed by atoms with van der Waals surface area (Å²) in [6.07, 6.45) is 0.435. The van der Waals surface area contributed by atoms with Crippen LogP contribution in [0.5, 0.6) is 0 Å². The summed E-state index contributed by atoms with van der Waals surface area (Å²) in [5, 5.41) is 12.0. The SMILES string of the molecule is CCNC(=O)c1cc(Br)cc(CCO)c1Cl. The van der Waals surface area contributed by atoms with E-state index in [-0.39, 0.29) is 12.5 Å². The molecule has 0 fully saturated rings. The zero-order valence-corrected chi connectivity index (χ0v) is 11.2. The molecule has 0 aromatic heterocycles. The predicted octanol–water partition coefficient (Wildman–Crippen LogP) is 2.39. The van der Waals surface area contributed by atoms with E-state index < -0.39 is 0 Å². The first-order valence-electron chi connectivity index (χ1n) is 4.97. The number of aliphatic hydroxyl groups is 1. The van der Waals surface area contributed by atoms with Crippen molar-refractivity contribution in [3.63, 3.8) is 0 Å². The van der Waals surface area contributed by atoms with Gasteiger partial charge in [-0.3, -0.25) is 4.79 Å². The highest BCUT2D eigenvalue weighted by atomic mass is 79.9. The molecule has 88 valence electrons. The van der Waals surface area contributed by atoms with Gasteiger partial charge in [-0.2, -0.15) is 0 Å². The number of hydrogen-bond donors (Lipinski definition) is 2. The topological polar surface area (TPSA) is 49.3 Å². The van der Waals surface area contributed by atoms with E-state index in [0.717, 1.165) is 10.0 Å². The van der Waals surface area contributed by atoms with Crippen LogP contribution in [0, 0.1) is 0 Å². The zero-order valence-electron chi connectivity index (χ0n) is 8.89. The third kappa shape index (κ3) is 3.20. The van der Waals surface area contributed by atoms with Crippen molar-refractivity contribution in [3.8, 4) is 0 Å². The molecule has 0 unspecified atom stereocenters. The van der Waals surface area contributed by atoms with Gasteiger partial charge >= 0.3 is 0 Å². The van der Waals surface area contributed by atoms with Crippen LogP contribution in [0.2, 0.25) is 5.02 Å². The van der Waals surface area contributed by atoms with E-state index >= 15 is 0 Å². The smallest absolute Gasteiger partial charge is 0.252 e. The number of aliphatic hydroxyl groups excluding tert-OH is 1. The second-order valence-corrected chi connectivity index (χ2v) is 4.55. The zero-order chi connectivity index (χ0) is 12.1. The molecule has 5 heteroatoms.